The van der Waals surface area contributed by atoms with Gasteiger partial charge in [-0.2, -0.15) is 0 Å². The zero-order valence-electron chi connectivity index (χ0n) is 12.9. The quantitative estimate of drug-likeness (QED) is 0.720. The number of carboxylic acids is 1. The summed E-state index contributed by atoms with van der Waals surface area (Å²) < 4.78 is 0. The van der Waals surface area contributed by atoms with E-state index in [0.29, 0.717) is 25.3 Å². The normalized spacial score (nSPS) is 16.6. The fraction of sp³-hybridized carbons (Fsp3) is 0.867. The van der Waals surface area contributed by atoms with Crippen LogP contribution in [-0.2, 0) is 4.79 Å². The van der Waals surface area contributed by atoms with Gasteiger partial charge in [0.2, 0.25) is 0 Å². The van der Waals surface area contributed by atoms with Gasteiger partial charge in [-0.15, -0.1) is 0 Å². The molecule has 1 fully saturated rings. The number of amides is 2. The van der Waals surface area contributed by atoms with Gasteiger partial charge in [-0.1, -0.05) is 33.1 Å². The molecule has 5 heteroatoms. The van der Waals surface area contributed by atoms with Crippen molar-refractivity contribution in [1.82, 2.24) is 10.2 Å². The Morgan fingerprint density at radius 1 is 1.25 bits per heavy atom. The van der Waals surface area contributed by atoms with Crippen molar-refractivity contribution in [3.05, 3.63) is 0 Å². The van der Waals surface area contributed by atoms with Crippen molar-refractivity contribution in [3.63, 3.8) is 0 Å². The lowest BCUT2D eigenvalue weighted by Gasteiger charge is -2.38. The average Bonchev–Trinajstić information content (AvgIpc) is 2.38. The van der Waals surface area contributed by atoms with E-state index in [1.54, 1.807) is 4.90 Å². The molecule has 0 spiro atoms. The summed E-state index contributed by atoms with van der Waals surface area (Å²) in [6.07, 6.45) is 4.38. The molecule has 5 nitrogen and oxygen atoms in total. The Bertz CT molecular complexity index is 336. The molecule has 0 bridgehead atoms. The van der Waals surface area contributed by atoms with Gasteiger partial charge < -0.3 is 15.3 Å². The first kappa shape index (κ1) is 16.8. The summed E-state index contributed by atoms with van der Waals surface area (Å²) in [6, 6.07) is -0.132. The standard InChI is InChI=1S/C15H28N2O3/c1-4-12(5-2)10-17(6-3)14(20)16-11-15(13(18)19)8-7-9-15/h12H,4-11H2,1-3H3,(H,16,20)(H,18,19). The van der Waals surface area contributed by atoms with E-state index in [2.05, 4.69) is 19.2 Å². The Morgan fingerprint density at radius 3 is 2.20 bits per heavy atom. The van der Waals surface area contributed by atoms with Crippen molar-refractivity contribution in [3.8, 4) is 0 Å². The zero-order valence-corrected chi connectivity index (χ0v) is 12.9. The van der Waals surface area contributed by atoms with E-state index in [9.17, 15) is 14.7 Å². The number of aliphatic carboxylic acids is 1. The maximum Gasteiger partial charge on any atom is 0.317 e. The number of nitrogens with one attached hydrogen (secondary N) is 1. The molecule has 0 heterocycles. The number of hydrogen-bond donors (Lipinski definition) is 2. The molecule has 0 aliphatic heterocycles. The molecular weight excluding hydrogens is 256 g/mol. The van der Waals surface area contributed by atoms with E-state index in [-0.39, 0.29) is 12.6 Å². The fourth-order valence-electron chi connectivity index (χ4n) is 2.64. The van der Waals surface area contributed by atoms with E-state index < -0.39 is 11.4 Å². The number of urea groups is 1. The summed E-state index contributed by atoms with van der Waals surface area (Å²) in [5, 5.41) is 12.1. The van der Waals surface area contributed by atoms with Gasteiger partial charge in [0.25, 0.3) is 0 Å². The Hall–Kier alpha value is -1.26. The van der Waals surface area contributed by atoms with Crippen molar-refractivity contribution in [1.29, 1.82) is 0 Å². The molecule has 0 aromatic rings. The van der Waals surface area contributed by atoms with Crippen LogP contribution in [0.15, 0.2) is 0 Å². The van der Waals surface area contributed by atoms with Crippen LogP contribution >= 0.6 is 0 Å². The first-order valence-corrected chi connectivity index (χ1v) is 7.75. The van der Waals surface area contributed by atoms with Crippen LogP contribution in [0.2, 0.25) is 0 Å². The van der Waals surface area contributed by atoms with Crippen LogP contribution in [0.1, 0.15) is 52.9 Å². The second-order valence-corrected chi connectivity index (χ2v) is 5.82. The lowest BCUT2D eigenvalue weighted by molar-refractivity contribution is -0.153. The minimum absolute atomic E-state index is 0.132. The number of carboxylic acid groups (broad SMARTS) is 1. The molecule has 1 rings (SSSR count). The van der Waals surface area contributed by atoms with Gasteiger partial charge in [-0.3, -0.25) is 4.79 Å². The van der Waals surface area contributed by atoms with Crippen LogP contribution in [0.5, 0.6) is 0 Å². The van der Waals surface area contributed by atoms with Gasteiger partial charge in [-0.25, -0.2) is 4.79 Å². The third kappa shape index (κ3) is 3.87. The van der Waals surface area contributed by atoms with E-state index in [4.69, 9.17) is 0 Å². The molecule has 0 atom stereocenters. The Balaban J connectivity index is 2.49. The fourth-order valence-corrected chi connectivity index (χ4v) is 2.64. The van der Waals surface area contributed by atoms with Gasteiger partial charge in [-0.05, 0) is 25.7 Å². The van der Waals surface area contributed by atoms with Gasteiger partial charge in [0.1, 0.15) is 0 Å². The number of hydrogen-bond acceptors (Lipinski definition) is 2. The van der Waals surface area contributed by atoms with Crippen LogP contribution in [0, 0.1) is 11.3 Å². The summed E-state index contributed by atoms with van der Waals surface area (Å²) >= 11 is 0. The molecule has 2 N–H and O–H groups in total. The van der Waals surface area contributed by atoms with Crippen LogP contribution in [0.25, 0.3) is 0 Å². The highest BCUT2D eigenvalue weighted by molar-refractivity contribution is 5.78. The molecule has 0 aromatic carbocycles. The molecule has 0 radical (unpaired) electrons. The van der Waals surface area contributed by atoms with Crippen LogP contribution < -0.4 is 5.32 Å². The smallest absolute Gasteiger partial charge is 0.317 e. The summed E-state index contributed by atoms with van der Waals surface area (Å²) in [7, 11) is 0. The first-order chi connectivity index (χ1) is 9.49. The average molecular weight is 284 g/mol. The summed E-state index contributed by atoms with van der Waals surface area (Å²) in [6.45, 7) is 7.87. The predicted octanol–water partition coefficient (Wildman–Crippen LogP) is 2.71. The van der Waals surface area contributed by atoms with E-state index in [1.165, 1.54) is 0 Å². The Kier molecular flexibility index (Phi) is 6.30. The molecule has 2 amide bonds. The summed E-state index contributed by atoms with van der Waals surface area (Å²) in [5.74, 6) is -0.273. The van der Waals surface area contributed by atoms with Gasteiger partial charge in [0.15, 0.2) is 0 Å². The Labute approximate surface area is 121 Å². The van der Waals surface area contributed by atoms with Gasteiger partial charge in [0.05, 0.1) is 5.41 Å². The van der Waals surface area contributed by atoms with Crippen molar-refractivity contribution in [2.45, 2.75) is 52.9 Å². The monoisotopic (exact) mass is 284 g/mol. The number of carbonyl (C=O) groups is 2. The van der Waals surface area contributed by atoms with Crippen molar-refractivity contribution in [2.75, 3.05) is 19.6 Å². The SMILES string of the molecule is CCC(CC)CN(CC)C(=O)NCC1(C(=O)O)CCC1. The van der Waals surface area contributed by atoms with E-state index in [1.807, 2.05) is 6.92 Å². The number of rotatable bonds is 8. The third-order valence-corrected chi connectivity index (χ3v) is 4.64. The lowest BCUT2D eigenvalue weighted by atomic mass is 9.69. The number of carbonyl (C=O) groups excluding carboxylic acids is 1. The van der Waals surface area contributed by atoms with Crippen molar-refractivity contribution < 1.29 is 14.7 Å². The topological polar surface area (TPSA) is 69.6 Å². The molecule has 1 saturated carbocycles. The molecular formula is C15H28N2O3. The molecule has 116 valence electrons. The summed E-state index contributed by atoms with van der Waals surface area (Å²) in [4.78, 5) is 25.2. The molecule has 0 unspecified atom stereocenters. The lowest BCUT2D eigenvalue weighted by Crippen LogP contribution is -2.51. The van der Waals surface area contributed by atoms with Crippen molar-refractivity contribution in [2.24, 2.45) is 11.3 Å². The number of nitrogens with zero attached hydrogens (tertiary/aromatic N) is 1. The van der Waals surface area contributed by atoms with Crippen LogP contribution in [0.4, 0.5) is 4.79 Å². The zero-order chi connectivity index (χ0) is 15.2. The van der Waals surface area contributed by atoms with Crippen molar-refractivity contribution >= 4 is 12.0 Å². The maximum absolute atomic E-state index is 12.2. The molecule has 0 aromatic heterocycles. The molecule has 1 aliphatic rings. The van der Waals surface area contributed by atoms with Crippen LogP contribution in [0.3, 0.4) is 0 Å². The van der Waals surface area contributed by atoms with Gasteiger partial charge in [0, 0.05) is 19.6 Å². The highest BCUT2D eigenvalue weighted by Gasteiger charge is 2.44. The highest BCUT2D eigenvalue weighted by Crippen LogP contribution is 2.40. The first-order valence-electron chi connectivity index (χ1n) is 7.75. The predicted molar refractivity (Wildman–Crippen MR) is 78.6 cm³/mol. The second-order valence-electron chi connectivity index (χ2n) is 5.82. The minimum atomic E-state index is -0.785. The third-order valence-electron chi connectivity index (χ3n) is 4.64. The molecule has 1 aliphatic carbocycles. The summed E-state index contributed by atoms with van der Waals surface area (Å²) in [5.41, 5.74) is -0.718. The second kappa shape index (κ2) is 7.50. The molecule has 0 saturated heterocycles. The Morgan fingerprint density at radius 2 is 1.85 bits per heavy atom. The largest absolute Gasteiger partial charge is 0.481 e. The minimum Gasteiger partial charge on any atom is -0.481 e. The van der Waals surface area contributed by atoms with E-state index in [0.717, 1.165) is 25.8 Å². The van der Waals surface area contributed by atoms with E-state index >= 15 is 0 Å². The molecule has 20 heavy (non-hydrogen) atoms. The maximum atomic E-state index is 12.2. The highest BCUT2D eigenvalue weighted by atomic mass is 16.4. The van der Waals surface area contributed by atoms with Gasteiger partial charge >= 0.3 is 12.0 Å². The van der Waals surface area contributed by atoms with Crippen LogP contribution in [-0.4, -0.2) is 41.6 Å².